The molecule has 1 saturated carbocycles. The van der Waals surface area contributed by atoms with Crippen LogP contribution in [0.3, 0.4) is 0 Å². The highest BCUT2D eigenvalue weighted by Gasteiger charge is 2.39. The first kappa shape index (κ1) is 17.0. The summed E-state index contributed by atoms with van der Waals surface area (Å²) in [4.78, 5) is 2.14. The molecule has 0 radical (unpaired) electrons. The fourth-order valence-corrected chi connectivity index (χ4v) is 3.98. The number of halogens is 1. The van der Waals surface area contributed by atoms with Gasteiger partial charge >= 0.3 is 0 Å². The molecular weight excluding hydrogens is 330 g/mol. The minimum atomic E-state index is -0.729. The predicted molar refractivity (Wildman–Crippen MR) is 89.2 cm³/mol. The quantitative estimate of drug-likeness (QED) is 0.879. The number of hydrogen-bond donors (Lipinski definition) is 1. The zero-order chi connectivity index (χ0) is 15.6. The number of aromatic nitrogens is 2. The van der Waals surface area contributed by atoms with Crippen molar-refractivity contribution in [2.24, 2.45) is 11.8 Å². The van der Waals surface area contributed by atoms with E-state index < -0.39 is 5.60 Å². The molecule has 1 heterocycles. The van der Waals surface area contributed by atoms with E-state index in [2.05, 4.69) is 53.9 Å². The first-order valence-corrected chi connectivity index (χ1v) is 8.71. The number of likely N-dealkylation sites (N-methyl/N-ethyl adjacent to an activating group) is 1. The fraction of sp³-hybridized carbons (Fsp3) is 0.812. The summed E-state index contributed by atoms with van der Waals surface area (Å²) in [5.74, 6) is 1.44. The molecule has 4 nitrogen and oxygen atoms in total. The minimum absolute atomic E-state index is 0.705. The highest BCUT2D eigenvalue weighted by Crippen LogP contribution is 2.43. The summed E-state index contributed by atoms with van der Waals surface area (Å²) in [5.41, 5.74) is 0.235. The van der Waals surface area contributed by atoms with Gasteiger partial charge in [-0.3, -0.25) is 4.68 Å². The Labute approximate surface area is 136 Å². The van der Waals surface area contributed by atoms with E-state index in [1.54, 1.807) is 0 Å². The van der Waals surface area contributed by atoms with Gasteiger partial charge in [0.25, 0.3) is 0 Å². The van der Waals surface area contributed by atoms with Gasteiger partial charge in [-0.2, -0.15) is 5.10 Å². The van der Waals surface area contributed by atoms with E-state index in [-0.39, 0.29) is 0 Å². The smallest absolute Gasteiger partial charge is 0.107 e. The van der Waals surface area contributed by atoms with E-state index >= 15 is 0 Å². The average Bonchev–Trinajstić information content (AvgIpc) is 2.78. The molecular formula is C16H28BrN3O. The summed E-state index contributed by atoms with van der Waals surface area (Å²) in [5, 5.41) is 15.6. The van der Waals surface area contributed by atoms with E-state index in [0.717, 1.165) is 54.9 Å². The van der Waals surface area contributed by atoms with Gasteiger partial charge in [-0.25, -0.2) is 0 Å². The Balaban J connectivity index is 2.15. The lowest BCUT2D eigenvalue weighted by Gasteiger charge is -2.38. The molecule has 0 saturated heterocycles. The highest BCUT2D eigenvalue weighted by atomic mass is 79.9. The van der Waals surface area contributed by atoms with Crippen molar-refractivity contribution in [3.8, 4) is 0 Å². The fourth-order valence-electron chi connectivity index (χ4n) is 3.31. The molecule has 1 aromatic heterocycles. The van der Waals surface area contributed by atoms with Crippen LogP contribution in [0.15, 0.2) is 10.7 Å². The lowest BCUT2D eigenvalue weighted by atomic mass is 9.73. The van der Waals surface area contributed by atoms with Crippen LogP contribution in [-0.4, -0.2) is 40.4 Å². The van der Waals surface area contributed by atoms with Crippen molar-refractivity contribution in [1.82, 2.24) is 14.7 Å². The average molecular weight is 358 g/mol. The van der Waals surface area contributed by atoms with Crippen LogP contribution in [0.1, 0.15) is 45.2 Å². The van der Waals surface area contributed by atoms with Crippen molar-refractivity contribution in [3.05, 3.63) is 16.4 Å². The molecule has 1 aliphatic rings. The van der Waals surface area contributed by atoms with E-state index in [1.807, 2.05) is 10.9 Å². The molecule has 0 aromatic carbocycles. The monoisotopic (exact) mass is 357 g/mol. The molecule has 1 aliphatic carbocycles. The van der Waals surface area contributed by atoms with Gasteiger partial charge < -0.3 is 10.0 Å². The van der Waals surface area contributed by atoms with E-state index in [1.165, 1.54) is 0 Å². The van der Waals surface area contributed by atoms with Gasteiger partial charge in [0.05, 0.1) is 22.9 Å². The maximum atomic E-state index is 11.2. The third-order valence-electron chi connectivity index (χ3n) is 4.79. The van der Waals surface area contributed by atoms with Crippen molar-refractivity contribution in [3.63, 3.8) is 0 Å². The second kappa shape index (κ2) is 6.80. The zero-order valence-corrected chi connectivity index (χ0v) is 15.2. The Hall–Kier alpha value is -0.390. The third-order valence-corrected chi connectivity index (χ3v) is 5.38. The zero-order valence-electron chi connectivity index (χ0n) is 13.6. The number of nitrogens with zero attached hydrogens (tertiary/aromatic N) is 3. The van der Waals surface area contributed by atoms with Crippen LogP contribution in [0.2, 0.25) is 0 Å². The maximum absolute atomic E-state index is 11.2. The molecule has 2 rings (SSSR count). The van der Waals surface area contributed by atoms with Crippen LogP contribution < -0.4 is 0 Å². The van der Waals surface area contributed by atoms with Crippen LogP contribution >= 0.6 is 15.9 Å². The largest absolute Gasteiger partial charge is 0.384 e. The Bertz CT molecular complexity index is 462. The van der Waals surface area contributed by atoms with Crippen molar-refractivity contribution in [2.75, 3.05) is 20.6 Å². The molecule has 0 bridgehead atoms. The van der Waals surface area contributed by atoms with Gasteiger partial charge in [0.15, 0.2) is 0 Å². The highest BCUT2D eigenvalue weighted by molar-refractivity contribution is 9.10. The van der Waals surface area contributed by atoms with Crippen molar-refractivity contribution < 1.29 is 5.11 Å². The molecule has 1 fully saturated rings. The van der Waals surface area contributed by atoms with Crippen molar-refractivity contribution in [2.45, 2.75) is 51.7 Å². The molecule has 0 spiro atoms. The molecule has 0 atom stereocenters. The Morgan fingerprint density at radius 2 is 2.05 bits per heavy atom. The molecule has 0 unspecified atom stereocenters. The standard InChI is InChI=1S/C16H28BrN3O/c1-12(2)13-5-7-16(21,8-6-13)15-14(17)11-18-20(15)10-9-19(3)4/h11-13,21H,5-10H2,1-4H3. The first-order valence-electron chi connectivity index (χ1n) is 7.92. The Morgan fingerprint density at radius 1 is 1.43 bits per heavy atom. The van der Waals surface area contributed by atoms with E-state index in [4.69, 9.17) is 0 Å². The molecule has 0 aliphatic heterocycles. The van der Waals surface area contributed by atoms with Crippen LogP contribution in [0.25, 0.3) is 0 Å². The molecule has 5 heteroatoms. The molecule has 1 aromatic rings. The number of hydrogen-bond acceptors (Lipinski definition) is 3. The second-order valence-electron chi connectivity index (χ2n) is 6.98. The normalized spacial score (nSPS) is 26.8. The van der Waals surface area contributed by atoms with Crippen molar-refractivity contribution >= 4 is 15.9 Å². The van der Waals surface area contributed by atoms with Crippen molar-refractivity contribution in [1.29, 1.82) is 0 Å². The summed E-state index contributed by atoms with van der Waals surface area (Å²) in [7, 11) is 4.11. The summed E-state index contributed by atoms with van der Waals surface area (Å²) < 4.78 is 2.91. The summed E-state index contributed by atoms with van der Waals surface area (Å²) in [6, 6.07) is 0. The number of aliphatic hydroxyl groups is 1. The topological polar surface area (TPSA) is 41.3 Å². The van der Waals surface area contributed by atoms with Gasteiger partial charge in [0.2, 0.25) is 0 Å². The summed E-state index contributed by atoms with van der Waals surface area (Å²) in [6.45, 7) is 6.30. The molecule has 1 N–H and O–H groups in total. The first-order chi connectivity index (χ1) is 9.83. The van der Waals surface area contributed by atoms with Gasteiger partial charge in [-0.15, -0.1) is 0 Å². The van der Waals surface area contributed by atoms with Gasteiger partial charge in [-0.1, -0.05) is 13.8 Å². The summed E-state index contributed by atoms with van der Waals surface area (Å²) >= 11 is 3.58. The Kier molecular flexibility index (Phi) is 5.49. The van der Waals surface area contributed by atoms with Crippen LogP contribution in [0, 0.1) is 11.8 Å². The maximum Gasteiger partial charge on any atom is 0.107 e. The van der Waals surface area contributed by atoms with Crippen LogP contribution in [-0.2, 0) is 12.1 Å². The molecule has 120 valence electrons. The number of rotatable bonds is 5. The predicted octanol–water partition coefficient (Wildman–Crippen LogP) is 3.24. The summed E-state index contributed by atoms with van der Waals surface area (Å²) in [6.07, 6.45) is 5.68. The minimum Gasteiger partial charge on any atom is -0.384 e. The molecule has 0 amide bonds. The molecule has 21 heavy (non-hydrogen) atoms. The van der Waals surface area contributed by atoms with Gasteiger partial charge in [0, 0.05) is 6.54 Å². The van der Waals surface area contributed by atoms with Gasteiger partial charge in [0.1, 0.15) is 5.60 Å². The Morgan fingerprint density at radius 3 is 2.57 bits per heavy atom. The van der Waals surface area contributed by atoms with E-state index in [9.17, 15) is 5.11 Å². The van der Waals surface area contributed by atoms with E-state index in [0.29, 0.717) is 5.92 Å². The van der Waals surface area contributed by atoms with Crippen LogP contribution in [0.5, 0.6) is 0 Å². The second-order valence-corrected chi connectivity index (χ2v) is 7.83. The third kappa shape index (κ3) is 3.88. The van der Waals surface area contributed by atoms with Crippen LogP contribution in [0.4, 0.5) is 0 Å². The lowest BCUT2D eigenvalue weighted by Crippen LogP contribution is -2.36. The van der Waals surface area contributed by atoms with Gasteiger partial charge in [-0.05, 0) is 67.5 Å². The SMILES string of the molecule is CC(C)C1CCC(O)(c2c(Br)cnn2CCN(C)C)CC1. The lowest BCUT2D eigenvalue weighted by molar-refractivity contribution is -0.0280.